The number of carbonyl (C=O) groups excluding carboxylic acids is 2. The summed E-state index contributed by atoms with van der Waals surface area (Å²) in [7, 11) is 1.18. The molecule has 0 bridgehead atoms. The van der Waals surface area contributed by atoms with E-state index in [4.69, 9.17) is 9.72 Å². The molecule has 1 N–H and O–H groups in total. The molecule has 0 fully saturated rings. The molecule has 0 radical (unpaired) electrons. The van der Waals surface area contributed by atoms with Crippen LogP contribution in [0.25, 0.3) is 11.1 Å². The molecule has 1 unspecified atom stereocenters. The van der Waals surface area contributed by atoms with E-state index in [0.29, 0.717) is 29.2 Å². The summed E-state index contributed by atoms with van der Waals surface area (Å²) >= 11 is 0. The summed E-state index contributed by atoms with van der Waals surface area (Å²) in [5.41, 5.74) is 2.55. The number of hydrogen-bond acceptors (Lipinski definition) is 6. The number of aromatic nitrogens is 2. The lowest BCUT2D eigenvalue weighted by Crippen LogP contribution is -2.19. The molecule has 7 heteroatoms. The molecule has 0 saturated heterocycles. The number of imidazole rings is 1. The summed E-state index contributed by atoms with van der Waals surface area (Å²) in [5, 5.41) is 21.0. The zero-order valence-corrected chi connectivity index (χ0v) is 21.5. The molecule has 0 spiro atoms. The van der Waals surface area contributed by atoms with Crippen molar-refractivity contribution in [3.8, 4) is 17.2 Å². The number of aliphatic hydroxyl groups is 1. The van der Waals surface area contributed by atoms with Crippen molar-refractivity contribution >= 4 is 11.8 Å². The van der Waals surface area contributed by atoms with Crippen molar-refractivity contribution in [1.82, 2.24) is 9.55 Å². The van der Waals surface area contributed by atoms with Gasteiger partial charge in [-0.05, 0) is 34.6 Å². The van der Waals surface area contributed by atoms with Crippen LogP contribution in [0.1, 0.15) is 79.8 Å². The molecule has 0 aliphatic rings. The topological polar surface area (TPSA) is 105 Å². The van der Waals surface area contributed by atoms with Gasteiger partial charge in [-0.1, -0.05) is 76.6 Å². The highest BCUT2D eigenvalue weighted by atomic mass is 16.5. The van der Waals surface area contributed by atoms with E-state index in [9.17, 15) is 20.0 Å². The van der Waals surface area contributed by atoms with Gasteiger partial charge < -0.3 is 14.4 Å². The van der Waals surface area contributed by atoms with Gasteiger partial charge in [0.15, 0.2) is 0 Å². The Morgan fingerprint density at radius 2 is 1.86 bits per heavy atom. The highest BCUT2D eigenvalue weighted by Gasteiger charge is 2.31. The van der Waals surface area contributed by atoms with Gasteiger partial charge in [0.25, 0.3) is 5.78 Å². The van der Waals surface area contributed by atoms with Gasteiger partial charge in [-0.25, -0.2) is 9.78 Å². The minimum absolute atomic E-state index is 0.231. The van der Waals surface area contributed by atoms with E-state index >= 15 is 0 Å². The van der Waals surface area contributed by atoms with Gasteiger partial charge in [-0.15, -0.1) is 0 Å². The molecule has 3 aromatic rings. The van der Waals surface area contributed by atoms with Crippen LogP contribution in [0, 0.1) is 16.7 Å². The minimum Gasteiger partial charge on any atom is -0.463 e. The van der Waals surface area contributed by atoms with Gasteiger partial charge in [0.2, 0.25) is 0 Å². The first-order valence-corrected chi connectivity index (χ1v) is 12.1. The smallest absolute Gasteiger partial charge is 0.379 e. The lowest BCUT2D eigenvalue weighted by atomic mass is 9.86. The molecule has 1 heterocycles. The molecule has 7 nitrogen and oxygen atoms in total. The summed E-state index contributed by atoms with van der Waals surface area (Å²) in [6, 6.07) is 16.9. The van der Waals surface area contributed by atoms with E-state index in [1.807, 2.05) is 61.7 Å². The maximum atomic E-state index is 12.9. The first-order valence-electron chi connectivity index (χ1n) is 12.1. The maximum Gasteiger partial charge on any atom is 0.379 e. The number of methoxy groups -OCH3 is 1. The molecular formula is C29H33N3O4. The molecule has 36 heavy (non-hydrogen) atoms. The Hall–Kier alpha value is -3.76. The number of hydrogen-bond donors (Lipinski definition) is 1. The van der Waals surface area contributed by atoms with Crippen molar-refractivity contribution in [2.75, 3.05) is 7.11 Å². The van der Waals surface area contributed by atoms with Gasteiger partial charge in [0.05, 0.1) is 13.7 Å². The zero-order chi connectivity index (χ0) is 26.5. The number of benzene rings is 2. The largest absolute Gasteiger partial charge is 0.463 e. The predicted octanol–water partition coefficient (Wildman–Crippen LogP) is 5.25. The van der Waals surface area contributed by atoms with Crippen LogP contribution in [0.2, 0.25) is 0 Å². The number of aliphatic hydroxyl groups excluding tert-OH is 1. The van der Waals surface area contributed by atoms with E-state index in [2.05, 4.69) is 13.0 Å². The molecule has 0 aliphatic carbocycles. The number of rotatable bonds is 9. The monoisotopic (exact) mass is 487 g/mol. The van der Waals surface area contributed by atoms with Crippen LogP contribution in [0.4, 0.5) is 0 Å². The SMILES string of the molecule is CCCCc1nc(C(O)C(C)(C)C)c(C#N)n1Cc1ccc(-c2ccccc2)c(C(=O)C(=O)OC)c1. The van der Waals surface area contributed by atoms with Gasteiger partial charge in [0.1, 0.15) is 29.4 Å². The van der Waals surface area contributed by atoms with E-state index in [1.54, 1.807) is 12.1 Å². The van der Waals surface area contributed by atoms with Crippen LogP contribution >= 0.6 is 0 Å². The van der Waals surface area contributed by atoms with E-state index in [1.165, 1.54) is 7.11 Å². The number of esters is 1. The van der Waals surface area contributed by atoms with E-state index in [0.717, 1.165) is 24.0 Å². The minimum atomic E-state index is -0.941. The second-order valence-corrected chi connectivity index (χ2v) is 9.90. The third-order valence-electron chi connectivity index (χ3n) is 6.14. The van der Waals surface area contributed by atoms with Crippen molar-refractivity contribution in [2.45, 2.75) is 59.6 Å². The summed E-state index contributed by atoms with van der Waals surface area (Å²) in [6.45, 7) is 8.04. The molecule has 188 valence electrons. The standard InChI is InChI=1S/C29H33N3O4/c1-6-7-13-24-31-25(27(34)29(2,3)4)23(17-30)32(24)18-19-14-15-21(20-11-9-8-10-12-20)22(16-19)26(33)28(35)36-5/h8-12,14-16,27,34H,6-7,13,18H2,1-5H3. The van der Waals surface area contributed by atoms with Crippen molar-refractivity contribution in [3.05, 3.63) is 76.9 Å². The molecular weight excluding hydrogens is 454 g/mol. The fourth-order valence-electron chi connectivity index (χ4n) is 4.07. The summed E-state index contributed by atoms with van der Waals surface area (Å²) in [4.78, 5) is 29.8. The number of unbranched alkanes of at least 4 members (excludes halogenated alkanes) is 1. The molecule has 0 amide bonds. The lowest BCUT2D eigenvalue weighted by molar-refractivity contribution is -0.135. The molecule has 0 aliphatic heterocycles. The molecule has 3 rings (SSSR count). The van der Waals surface area contributed by atoms with Crippen LogP contribution in [0.15, 0.2) is 48.5 Å². The number of ketones is 1. The number of nitriles is 1. The van der Waals surface area contributed by atoms with Gasteiger partial charge in [-0.2, -0.15) is 5.26 Å². The van der Waals surface area contributed by atoms with E-state index < -0.39 is 23.3 Å². The van der Waals surface area contributed by atoms with Crippen molar-refractivity contribution in [2.24, 2.45) is 5.41 Å². The quantitative estimate of drug-likeness (QED) is 0.251. The third-order valence-corrected chi connectivity index (χ3v) is 6.14. The highest BCUT2D eigenvalue weighted by Crippen LogP contribution is 2.35. The van der Waals surface area contributed by atoms with E-state index in [-0.39, 0.29) is 12.1 Å². The lowest BCUT2D eigenvalue weighted by Gasteiger charge is -2.24. The second kappa shape index (κ2) is 11.3. The van der Waals surface area contributed by atoms with Crippen molar-refractivity contribution < 1.29 is 19.4 Å². The van der Waals surface area contributed by atoms with Crippen molar-refractivity contribution in [1.29, 1.82) is 5.26 Å². The maximum absolute atomic E-state index is 12.9. The summed E-state index contributed by atoms with van der Waals surface area (Å²) in [6.07, 6.45) is 1.57. The number of carbonyl (C=O) groups is 2. The fourth-order valence-corrected chi connectivity index (χ4v) is 4.07. The van der Waals surface area contributed by atoms with Gasteiger partial charge in [0, 0.05) is 12.0 Å². The summed E-state index contributed by atoms with van der Waals surface area (Å²) in [5.74, 6) is -0.969. The third kappa shape index (κ3) is 5.72. The average molecular weight is 488 g/mol. The highest BCUT2D eigenvalue weighted by molar-refractivity contribution is 6.41. The molecule has 2 aromatic carbocycles. The van der Waals surface area contributed by atoms with Crippen LogP contribution in [0.5, 0.6) is 0 Å². The zero-order valence-electron chi connectivity index (χ0n) is 21.5. The second-order valence-electron chi connectivity index (χ2n) is 9.90. The Bertz CT molecular complexity index is 1280. The van der Waals surface area contributed by atoms with Gasteiger partial charge in [-0.3, -0.25) is 4.79 Å². The normalized spacial score (nSPS) is 12.1. The molecule has 1 aromatic heterocycles. The Kier molecular flexibility index (Phi) is 8.44. The average Bonchev–Trinajstić information content (AvgIpc) is 3.22. The van der Waals surface area contributed by atoms with Crippen LogP contribution < -0.4 is 0 Å². The Morgan fingerprint density at radius 1 is 1.17 bits per heavy atom. The van der Waals surface area contributed by atoms with Gasteiger partial charge >= 0.3 is 5.97 Å². The Morgan fingerprint density at radius 3 is 2.44 bits per heavy atom. The first kappa shape index (κ1) is 26.8. The summed E-state index contributed by atoms with van der Waals surface area (Å²) < 4.78 is 6.51. The fraction of sp³-hybridized carbons (Fsp3) is 0.379. The number of Topliss-reactive ketones (excluding diaryl/α,β-unsaturated/α-hetero) is 1. The van der Waals surface area contributed by atoms with Crippen LogP contribution in [-0.4, -0.2) is 33.5 Å². The number of nitrogens with zero attached hydrogens (tertiary/aromatic N) is 3. The Balaban J connectivity index is 2.13. The van der Waals surface area contributed by atoms with Crippen molar-refractivity contribution in [3.63, 3.8) is 0 Å². The van der Waals surface area contributed by atoms with Crippen LogP contribution in [-0.2, 0) is 22.5 Å². The number of ether oxygens (including phenoxy) is 1. The Labute approximate surface area is 212 Å². The molecule has 1 atom stereocenters. The molecule has 0 saturated carbocycles. The number of aryl methyl sites for hydroxylation is 1. The van der Waals surface area contributed by atoms with Crippen LogP contribution in [0.3, 0.4) is 0 Å². The predicted molar refractivity (Wildman–Crippen MR) is 137 cm³/mol. The first-order chi connectivity index (χ1) is 17.1.